The van der Waals surface area contributed by atoms with Crippen LogP contribution in [-0.2, 0) is 9.53 Å². The van der Waals surface area contributed by atoms with E-state index >= 15 is 0 Å². The van der Waals surface area contributed by atoms with Gasteiger partial charge in [0.05, 0.1) is 12.9 Å². The summed E-state index contributed by atoms with van der Waals surface area (Å²) in [4.78, 5) is 10.6. The lowest BCUT2D eigenvalue weighted by atomic mass is 10.1. The average Bonchev–Trinajstić information content (AvgIpc) is 1.90. The molecule has 0 radical (unpaired) electrons. The van der Waals surface area contributed by atoms with E-state index < -0.39 is 0 Å². The molecule has 0 unspecified atom stereocenters. The first-order valence-corrected chi connectivity index (χ1v) is 3.07. The van der Waals surface area contributed by atoms with Crippen LogP contribution in [0.4, 0.5) is 0 Å². The molecular formula is C7H10O2. The van der Waals surface area contributed by atoms with Gasteiger partial charge in [-0.1, -0.05) is 0 Å². The van der Waals surface area contributed by atoms with Crippen LogP contribution in [0, 0.1) is 0 Å². The van der Waals surface area contributed by atoms with Crippen LogP contribution >= 0.6 is 0 Å². The number of ketones is 1. The van der Waals surface area contributed by atoms with Gasteiger partial charge in [0.2, 0.25) is 0 Å². The molecule has 0 spiro atoms. The van der Waals surface area contributed by atoms with E-state index in [9.17, 15) is 4.79 Å². The Morgan fingerprint density at radius 3 is 2.78 bits per heavy atom. The van der Waals surface area contributed by atoms with Gasteiger partial charge in [0, 0.05) is 19.3 Å². The number of hydrogen-bond acceptors (Lipinski definition) is 2. The zero-order valence-corrected chi connectivity index (χ0v) is 5.52. The first kappa shape index (κ1) is 6.33. The molecule has 0 N–H and O–H groups in total. The molecular weight excluding hydrogens is 116 g/mol. The van der Waals surface area contributed by atoms with Crippen LogP contribution in [0.1, 0.15) is 19.3 Å². The molecule has 0 aromatic rings. The highest BCUT2D eigenvalue weighted by Crippen LogP contribution is 2.14. The molecule has 1 aliphatic rings. The van der Waals surface area contributed by atoms with Gasteiger partial charge in [0.25, 0.3) is 0 Å². The van der Waals surface area contributed by atoms with Crippen molar-refractivity contribution in [2.45, 2.75) is 19.3 Å². The molecule has 2 nitrogen and oxygen atoms in total. The van der Waals surface area contributed by atoms with E-state index in [-0.39, 0.29) is 0 Å². The Labute approximate surface area is 54.5 Å². The molecule has 0 fully saturated rings. The molecule has 0 aliphatic heterocycles. The summed E-state index contributed by atoms with van der Waals surface area (Å²) in [6, 6.07) is 0. The van der Waals surface area contributed by atoms with Crippen LogP contribution in [0.2, 0.25) is 0 Å². The van der Waals surface area contributed by atoms with Gasteiger partial charge in [0.1, 0.15) is 5.78 Å². The van der Waals surface area contributed by atoms with E-state index in [0.717, 1.165) is 12.2 Å². The fraction of sp³-hybridized carbons (Fsp3) is 0.571. The largest absolute Gasteiger partial charge is 0.501 e. The summed E-state index contributed by atoms with van der Waals surface area (Å²) >= 11 is 0. The predicted molar refractivity (Wildman–Crippen MR) is 33.9 cm³/mol. The number of carbonyl (C=O) groups is 1. The molecule has 0 heterocycles. The Balaban J connectivity index is 2.50. The van der Waals surface area contributed by atoms with Crippen molar-refractivity contribution in [1.82, 2.24) is 0 Å². The Hall–Kier alpha value is -0.790. The summed E-state index contributed by atoms with van der Waals surface area (Å²) in [5, 5.41) is 0. The van der Waals surface area contributed by atoms with Gasteiger partial charge in [-0.05, 0) is 6.08 Å². The molecule has 1 rings (SSSR count). The molecule has 1 aliphatic carbocycles. The predicted octanol–water partition coefficient (Wildman–Crippen LogP) is 1.27. The number of ether oxygens (including phenoxy) is 1. The molecule has 0 bridgehead atoms. The zero-order valence-electron chi connectivity index (χ0n) is 5.52. The molecule has 9 heavy (non-hydrogen) atoms. The minimum absolute atomic E-state index is 0.316. The Kier molecular flexibility index (Phi) is 1.88. The number of hydrogen-bond donors (Lipinski definition) is 0. The maximum Gasteiger partial charge on any atom is 0.137 e. The van der Waals surface area contributed by atoms with Gasteiger partial charge < -0.3 is 4.74 Å². The highest BCUT2D eigenvalue weighted by atomic mass is 16.5. The van der Waals surface area contributed by atoms with Crippen molar-refractivity contribution in [3.63, 3.8) is 0 Å². The molecule has 0 amide bonds. The van der Waals surface area contributed by atoms with Crippen LogP contribution in [-0.4, -0.2) is 12.9 Å². The average molecular weight is 126 g/mol. The highest BCUT2D eigenvalue weighted by Gasteiger charge is 2.08. The molecule has 0 atom stereocenters. The van der Waals surface area contributed by atoms with Crippen molar-refractivity contribution in [2.75, 3.05) is 7.11 Å². The summed E-state index contributed by atoms with van der Waals surface area (Å²) in [5.74, 6) is 1.27. The third-order valence-electron chi connectivity index (χ3n) is 1.47. The van der Waals surface area contributed by atoms with Crippen molar-refractivity contribution in [2.24, 2.45) is 0 Å². The smallest absolute Gasteiger partial charge is 0.137 e. The summed E-state index contributed by atoms with van der Waals surface area (Å²) < 4.78 is 4.95. The third-order valence-corrected chi connectivity index (χ3v) is 1.47. The molecule has 0 saturated heterocycles. The van der Waals surface area contributed by atoms with Gasteiger partial charge in [-0.25, -0.2) is 0 Å². The second-order valence-electron chi connectivity index (χ2n) is 2.12. The monoisotopic (exact) mass is 126 g/mol. The summed E-state index contributed by atoms with van der Waals surface area (Å²) in [5.41, 5.74) is 0. The van der Waals surface area contributed by atoms with Crippen LogP contribution in [0.5, 0.6) is 0 Å². The van der Waals surface area contributed by atoms with Crippen molar-refractivity contribution in [1.29, 1.82) is 0 Å². The van der Waals surface area contributed by atoms with Gasteiger partial charge in [-0.3, -0.25) is 4.79 Å². The topological polar surface area (TPSA) is 26.3 Å². The number of methoxy groups -OCH3 is 1. The van der Waals surface area contributed by atoms with Crippen LogP contribution < -0.4 is 0 Å². The van der Waals surface area contributed by atoms with Crippen molar-refractivity contribution in [3.8, 4) is 0 Å². The van der Waals surface area contributed by atoms with E-state index in [1.807, 2.05) is 6.08 Å². The van der Waals surface area contributed by atoms with Crippen LogP contribution in [0.3, 0.4) is 0 Å². The van der Waals surface area contributed by atoms with Crippen molar-refractivity contribution >= 4 is 5.78 Å². The van der Waals surface area contributed by atoms with Gasteiger partial charge in [-0.15, -0.1) is 0 Å². The Morgan fingerprint density at radius 2 is 2.33 bits per heavy atom. The first-order valence-electron chi connectivity index (χ1n) is 3.07. The number of Topliss-reactive ketones (excluding diaryl/α,β-unsaturated/α-hetero) is 1. The second kappa shape index (κ2) is 2.67. The van der Waals surface area contributed by atoms with Gasteiger partial charge in [-0.2, -0.15) is 0 Å². The minimum atomic E-state index is 0.316. The number of rotatable bonds is 1. The maximum atomic E-state index is 10.6. The fourth-order valence-electron chi connectivity index (χ4n) is 0.880. The van der Waals surface area contributed by atoms with E-state index in [0.29, 0.717) is 18.6 Å². The van der Waals surface area contributed by atoms with Crippen LogP contribution in [0.25, 0.3) is 0 Å². The SMILES string of the molecule is COC1=CCC(=O)CC1. The molecule has 2 heteroatoms. The van der Waals surface area contributed by atoms with Crippen molar-refractivity contribution < 1.29 is 9.53 Å². The minimum Gasteiger partial charge on any atom is -0.501 e. The number of allylic oxidation sites excluding steroid dienone is 2. The quantitative estimate of drug-likeness (QED) is 0.529. The summed E-state index contributed by atoms with van der Waals surface area (Å²) in [6.45, 7) is 0. The molecule has 0 aromatic heterocycles. The standard InChI is InChI=1S/C7H10O2/c1-9-7-4-2-6(8)3-5-7/h4H,2-3,5H2,1H3. The molecule has 50 valence electrons. The molecule has 0 saturated carbocycles. The normalized spacial score (nSPS) is 19.2. The van der Waals surface area contributed by atoms with Crippen molar-refractivity contribution in [3.05, 3.63) is 11.8 Å². The van der Waals surface area contributed by atoms with E-state index in [1.165, 1.54) is 0 Å². The van der Waals surface area contributed by atoms with Gasteiger partial charge >= 0.3 is 0 Å². The zero-order chi connectivity index (χ0) is 6.69. The molecule has 0 aromatic carbocycles. The van der Waals surface area contributed by atoms with E-state index in [4.69, 9.17) is 4.74 Å². The first-order chi connectivity index (χ1) is 4.33. The Morgan fingerprint density at radius 1 is 1.56 bits per heavy atom. The highest BCUT2D eigenvalue weighted by molar-refractivity contribution is 5.81. The van der Waals surface area contributed by atoms with Gasteiger partial charge in [0.15, 0.2) is 0 Å². The maximum absolute atomic E-state index is 10.6. The lowest BCUT2D eigenvalue weighted by molar-refractivity contribution is -0.118. The lowest BCUT2D eigenvalue weighted by Crippen LogP contribution is -2.04. The third kappa shape index (κ3) is 1.56. The fourth-order valence-corrected chi connectivity index (χ4v) is 0.880. The van der Waals surface area contributed by atoms with E-state index in [1.54, 1.807) is 7.11 Å². The Bertz CT molecular complexity index is 147. The lowest BCUT2D eigenvalue weighted by Gasteiger charge is -2.09. The second-order valence-corrected chi connectivity index (χ2v) is 2.12. The van der Waals surface area contributed by atoms with Crippen LogP contribution in [0.15, 0.2) is 11.8 Å². The summed E-state index contributed by atoms with van der Waals surface area (Å²) in [7, 11) is 1.64. The number of carbonyl (C=O) groups excluding carboxylic acids is 1. The van der Waals surface area contributed by atoms with E-state index in [2.05, 4.69) is 0 Å². The summed E-state index contributed by atoms with van der Waals surface area (Å²) in [6.07, 6.45) is 3.85.